The van der Waals surface area contributed by atoms with Gasteiger partial charge < -0.3 is 20.7 Å². The quantitative estimate of drug-likeness (QED) is 0.223. The van der Waals surface area contributed by atoms with E-state index >= 15 is 0 Å². The van der Waals surface area contributed by atoms with E-state index in [9.17, 15) is 19.1 Å². The molecule has 3 rings (SSSR count). The van der Waals surface area contributed by atoms with Crippen LogP contribution in [0.25, 0.3) is 28.1 Å². The molecule has 1 aromatic heterocycles. The lowest BCUT2D eigenvalue weighted by atomic mass is 10.0. The molecule has 0 saturated carbocycles. The van der Waals surface area contributed by atoms with Crippen LogP contribution in [0.15, 0.2) is 54.6 Å². The Balaban J connectivity index is 1.67. The number of para-hydroxylation sites is 1. The van der Waals surface area contributed by atoms with Crippen molar-refractivity contribution >= 4 is 28.9 Å². The van der Waals surface area contributed by atoms with Crippen molar-refractivity contribution in [1.82, 2.24) is 9.88 Å². The highest BCUT2D eigenvalue weighted by Crippen LogP contribution is 2.38. The number of carbonyl (C=O) groups is 2. The van der Waals surface area contributed by atoms with Crippen molar-refractivity contribution in [3.8, 4) is 11.1 Å². The number of hydrogen-bond acceptors (Lipinski definition) is 3. The van der Waals surface area contributed by atoms with Gasteiger partial charge in [-0.25, -0.2) is 9.18 Å². The second-order valence-electron chi connectivity index (χ2n) is 9.64. The van der Waals surface area contributed by atoms with Crippen molar-refractivity contribution in [3.63, 3.8) is 0 Å². The molecular formula is C30H38FN3O3. The van der Waals surface area contributed by atoms with Gasteiger partial charge in [-0.3, -0.25) is 4.79 Å². The van der Waals surface area contributed by atoms with Crippen LogP contribution in [-0.2, 0) is 9.59 Å². The normalized spacial score (nSPS) is 12.5. The number of aromatic nitrogens is 1. The Morgan fingerprint density at radius 3 is 2.46 bits per heavy atom. The molecule has 3 aromatic rings. The summed E-state index contributed by atoms with van der Waals surface area (Å²) in [7, 11) is 0. The molecular weight excluding hydrogens is 469 g/mol. The van der Waals surface area contributed by atoms with Crippen molar-refractivity contribution in [2.45, 2.75) is 70.9 Å². The minimum absolute atomic E-state index is 0.231. The van der Waals surface area contributed by atoms with E-state index in [0.29, 0.717) is 32.2 Å². The number of hydrogen-bond donors (Lipinski definition) is 3. The fourth-order valence-corrected chi connectivity index (χ4v) is 4.68. The molecule has 2 aromatic carbocycles. The number of nitrogens with zero attached hydrogens (tertiary/aromatic N) is 1. The first-order chi connectivity index (χ1) is 17.8. The molecule has 7 heteroatoms. The molecule has 0 spiro atoms. The van der Waals surface area contributed by atoms with Crippen LogP contribution in [0.2, 0.25) is 0 Å². The highest BCUT2D eigenvalue weighted by Gasteiger charge is 2.20. The predicted octanol–water partition coefficient (Wildman–Crippen LogP) is 6.30. The number of aliphatic carboxylic acids is 1. The van der Waals surface area contributed by atoms with Gasteiger partial charge in [0.15, 0.2) is 0 Å². The topological polar surface area (TPSA) is 97.4 Å². The molecule has 4 N–H and O–H groups in total. The van der Waals surface area contributed by atoms with Gasteiger partial charge in [-0.15, -0.1) is 0 Å². The lowest BCUT2D eigenvalue weighted by molar-refractivity contribution is -0.142. The Morgan fingerprint density at radius 1 is 1.05 bits per heavy atom. The number of nitrogens with one attached hydrogen (secondary N) is 1. The molecule has 0 fully saturated rings. The first-order valence-electron chi connectivity index (χ1n) is 13.1. The zero-order chi connectivity index (χ0) is 26.8. The van der Waals surface area contributed by atoms with Gasteiger partial charge in [0.25, 0.3) is 0 Å². The number of allylic oxidation sites excluding steroid dienone is 1. The molecule has 1 unspecified atom stereocenters. The maximum absolute atomic E-state index is 13.6. The van der Waals surface area contributed by atoms with Gasteiger partial charge in [0.05, 0.1) is 0 Å². The number of carbonyl (C=O) groups excluding carboxylic acids is 1. The van der Waals surface area contributed by atoms with E-state index in [4.69, 9.17) is 5.73 Å². The number of benzene rings is 2. The monoisotopic (exact) mass is 507 g/mol. The maximum atomic E-state index is 13.6. The number of halogens is 1. The summed E-state index contributed by atoms with van der Waals surface area (Å²) in [5.41, 5.74) is 9.71. The first-order valence-corrected chi connectivity index (χ1v) is 13.1. The number of carboxylic acids is 1. The second-order valence-corrected chi connectivity index (χ2v) is 9.64. The molecule has 0 saturated heterocycles. The van der Waals surface area contributed by atoms with E-state index in [2.05, 4.69) is 48.0 Å². The second kappa shape index (κ2) is 13.7. The lowest BCUT2D eigenvalue weighted by Gasteiger charge is -2.14. The molecule has 0 aliphatic rings. The minimum Gasteiger partial charge on any atom is -0.480 e. The molecule has 0 radical (unpaired) electrons. The number of carboxylic acid groups (broad SMARTS) is 1. The van der Waals surface area contributed by atoms with Gasteiger partial charge >= 0.3 is 5.97 Å². The highest BCUT2D eigenvalue weighted by atomic mass is 19.1. The Hall–Kier alpha value is -3.45. The smallest absolute Gasteiger partial charge is 0.326 e. The molecule has 0 aliphatic carbocycles. The Labute approximate surface area is 218 Å². The van der Waals surface area contributed by atoms with E-state index in [0.717, 1.165) is 47.0 Å². The summed E-state index contributed by atoms with van der Waals surface area (Å²) in [5.74, 6) is -1.50. The summed E-state index contributed by atoms with van der Waals surface area (Å²) in [5, 5.41) is 13.1. The molecule has 1 heterocycles. The van der Waals surface area contributed by atoms with Gasteiger partial charge in [-0.05, 0) is 88.8 Å². The van der Waals surface area contributed by atoms with Crippen LogP contribution in [0.3, 0.4) is 0 Å². The van der Waals surface area contributed by atoms with E-state index in [1.165, 1.54) is 12.1 Å². The van der Waals surface area contributed by atoms with Crippen LogP contribution < -0.4 is 11.1 Å². The summed E-state index contributed by atoms with van der Waals surface area (Å²) in [6.07, 6.45) is 8.60. The van der Waals surface area contributed by atoms with E-state index < -0.39 is 12.0 Å². The van der Waals surface area contributed by atoms with Crippen molar-refractivity contribution in [2.75, 3.05) is 6.54 Å². The van der Waals surface area contributed by atoms with Gasteiger partial charge in [0, 0.05) is 34.6 Å². The van der Waals surface area contributed by atoms with Gasteiger partial charge in [-0.2, -0.15) is 0 Å². The average molecular weight is 508 g/mol. The highest BCUT2D eigenvalue weighted by molar-refractivity contribution is 6.01. The standard InChI is InChI=1S/C30H38FN3O3/c1-21(2)34-26-13-8-7-11-24(26)29(22-16-18-23(31)19-17-22)27(34)14-5-3-4-6-15-28(35)33-25(30(36)37)12-9-10-20-32/h5,7-8,11,13-14,16-19,21,25H,3-4,6,9-10,12,15,20,32H2,1-2H3,(H,33,35)(H,36,37)/b14-5+. The summed E-state index contributed by atoms with van der Waals surface area (Å²) < 4.78 is 15.9. The van der Waals surface area contributed by atoms with Crippen molar-refractivity contribution in [2.24, 2.45) is 5.73 Å². The molecule has 1 amide bonds. The van der Waals surface area contributed by atoms with E-state index in [-0.39, 0.29) is 17.8 Å². The third kappa shape index (κ3) is 7.52. The Kier molecular flexibility index (Phi) is 10.4. The zero-order valence-electron chi connectivity index (χ0n) is 21.8. The molecule has 37 heavy (non-hydrogen) atoms. The maximum Gasteiger partial charge on any atom is 0.326 e. The third-order valence-electron chi connectivity index (χ3n) is 6.48. The van der Waals surface area contributed by atoms with Crippen molar-refractivity contribution in [1.29, 1.82) is 0 Å². The largest absolute Gasteiger partial charge is 0.480 e. The molecule has 0 aliphatic heterocycles. The SMILES string of the molecule is CC(C)n1c(/C=C/CCCCC(=O)NC(CCCCN)C(=O)O)c(-c2ccc(F)cc2)c2ccccc21. The Morgan fingerprint density at radius 2 is 1.78 bits per heavy atom. The molecule has 0 bridgehead atoms. The zero-order valence-corrected chi connectivity index (χ0v) is 21.8. The Bertz CT molecular complexity index is 1210. The first kappa shape index (κ1) is 28.1. The van der Waals surface area contributed by atoms with Gasteiger partial charge in [0.2, 0.25) is 5.91 Å². The van der Waals surface area contributed by atoms with E-state index in [1.807, 2.05) is 24.3 Å². The van der Waals surface area contributed by atoms with Gasteiger partial charge in [-0.1, -0.05) is 36.4 Å². The van der Waals surface area contributed by atoms with Crippen LogP contribution in [0.1, 0.15) is 70.5 Å². The van der Waals surface area contributed by atoms with Crippen LogP contribution in [0, 0.1) is 5.82 Å². The fraction of sp³-hybridized carbons (Fsp3) is 0.400. The van der Waals surface area contributed by atoms with Crippen LogP contribution >= 0.6 is 0 Å². The van der Waals surface area contributed by atoms with Crippen LogP contribution in [0.4, 0.5) is 4.39 Å². The lowest BCUT2D eigenvalue weighted by Crippen LogP contribution is -2.40. The van der Waals surface area contributed by atoms with Gasteiger partial charge in [0.1, 0.15) is 11.9 Å². The van der Waals surface area contributed by atoms with Crippen LogP contribution in [0.5, 0.6) is 0 Å². The number of rotatable bonds is 14. The summed E-state index contributed by atoms with van der Waals surface area (Å²) in [6.45, 7) is 4.81. The molecule has 198 valence electrons. The number of amides is 1. The predicted molar refractivity (Wildman–Crippen MR) is 148 cm³/mol. The number of fused-ring (bicyclic) bond motifs is 1. The van der Waals surface area contributed by atoms with Crippen molar-refractivity contribution < 1.29 is 19.1 Å². The summed E-state index contributed by atoms with van der Waals surface area (Å²) in [6, 6.07) is 14.2. The van der Waals surface area contributed by atoms with Crippen molar-refractivity contribution in [3.05, 3.63) is 66.1 Å². The molecule has 6 nitrogen and oxygen atoms in total. The average Bonchev–Trinajstić information content (AvgIpc) is 3.20. The summed E-state index contributed by atoms with van der Waals surface area (Å²) in [4.78, 5) is 23.6. The number of unbranched alkanes of at least 4 members (excludes halogenated alkanes) is 3. The third-order valence-corrected chi connectivity index (χ3v) is 6.48. The minimum atomic E-state index is -1.01. The summed E-state index contributed by atoms with van der Waals surface area (Å²) >= 11 is 0. The molecule has 1 atom stereocenters. The van der Waals surface area contributed by atoms with E-state index in [1.54, 1.807) is 0 Å². The van der Waals surface area contributed by atoms with Crippen LogP contribution in [-0.4, -0.2) is 34.1 Å². The fourth-order valence-electron chi connectivity index (χ4n) is 4.68. The number of nitrogens with two attached hydrogens (primary N) is 1.